The first-order valence-corrected chi connectivity index (χ1v) is 11.8. The number of nitrogens with one attached hydrogen (secondary N) is 2. The molecule has 1 amide bonds. The van der Waals surface area contributed by atoms with Crippen molar-refractivity contribution in [1.82, 2.24) is 10.6 Å². The molecule has 8 heteroatoms. The van der Waals surface area contributed by atoms with Gasteiger partial charge < -0.3 is 20.8 Å². The lowest BCUT2D eigenvalue weighted by Crippen LogP contribution is -2.46. The molecule has 1 aliphatic rings. The molecule has 0 unspecified atom stereocenters. The molecule has 176 valence electrons. The molecule has 4 N–H and O–H groups in total. The third-order valence-corrected chi connectivity index (χ3v) is 6.81. The van der Waals surface area contributed by atoms with Crippen LogP contribution in [0.25, 0.3) is 0 Å². The van der Waals surface area contributed by atoms with E-state index in [2.05, 4.69) is 16.7 Å². The molecule has 1 fully saturated rings. The molecule has 0 aliphatic carbocycles. The van der Waals surface area contributed by atoms with E-state index < -0.39 is 23.5 Å². The second-order valence-corrected chi connectivity index (χ2v) is 9.68. The van der Waals surface area contributed by atoms with Gasteiger partial charge in [0.2, 0.25) is 5.91 Å². The zero-order valence-corrected chi connectivity index (χ0v) is 20.1. The van der Waals surface area contributed by atoms with Crippen LogP contribution in [0.2, 0.25) is 10.0 Å². The minimum absolute atomic E-state index is 0.0380. The highest BCUT2D eigenvalue weighted by molar-refractivity contribution is 6.30. The molecule has 0 saturated carbocycles. The number of hydrogen-bond acceptors (Lipinski definition) is 5. The van der Waals surface area contributed by atoms with E-state index in [1.165, 1.54) is 0 Å². The lowest BCUT2D eigenvalue weighted by molar-refractivity contribution is -0.123. The van der Waals surface area contributed by atoms with Crippen LogP contribution >= 0.6 is 23.2 Å². The van der Waals surface area contributed by atoms with Crippen LogP contribution in [0.15, 0.2) is 48.5 Å². The van der Waals surface area contributed by atoms with Crippen molar-refractivity contribution in [2.45, 2.75) is 49.8 Å². The molecule has 1 saturated heterocycles. The van der Waals surface area contributed by atoms with Crippen molar-refractivity contribution in [3.8, 4) is 6.07 Å². The fraction of sp³-hybridized carbons (Fsp3) is 0.440. The maximum Gasteiger partial charge on any atom is 0.237 e. The molecule has 1 heterocycles. The lowest BCUT2D eigenvalue weighted by Gasteiger charge is -2.36. The van der Waals surface area contributed by atoms with Gasteiger partial charge in [0.15, 0.2) is 0 Å². The Morgan fingerprint density at radius 1 is 1.21 bits per heavy atom. The summed E-state index contributed by atoms with van der Waals surface area (Å²) in [6.45, 7) is 3.87. The predicted octanol–water partition coefficient (Wildman–Crippen LogP) is 3.39. The Morgan fingerprint density at radius 2 is 1.91 bits per heavy atom. The van der Waals surface area contributed by atoms with Gasteiger partial charge in [-0.2, -0.15) is 5.26 Å². The van der Waals surface area contributed by atoms with Crippen LogP contribution in [0.4, 0.5) is 0 Å². The average molecular weight is 490 g/mol. The smallest absolute Gasteiger partial charge is 0.237 e. The van der Waals surface area contributed by atoms with Gasteiger partial charge in [0.1, 0.15) is 5.41 Å². The molecular weight excluding hydrogens is 461 g/mol. The normalized spacial score (nSPS) is 25.6. The Hall–Kier alpha value is -2.14. The van der Waals surface area contributed by atoms with Gasteiger partial charge in [-0.25, -0.2) is 0 Å². The largest absolute Gasteiger partial charge is 0.394 e. The van der Waals surface area contributed by atoms with Gasteiger partial charge in [-0.15, -0.1) is 0 Å². The second kappa shape index (κ2) is 10.9. The molecule has 0 radical (unpaired) electrons. The van der Waals surface area contributed by atoms with E-state index in [9.17, 15) is 15.2 Å². The third kappa shape index (κ3) is 5.18. The average Bonchev–Trinajstić information content (AvgIpc) is 3.16. The Bertz CT molecular complexity index is 1010. The van der Waals surface area contributed by atoms with Crippen molar-refractivity contribution in [2.24, 2.45) is 5.92 Å². The minimum Gasteiger partial charge on any atom is -0.394 e. The number of aliphatic hydroxyl groups excluding tert-OH is 2. The third-order valence-electron chi connectivity index (χ3n) is 6.32. The number of hydrogen-bond donors (Lipinski definition) is 4. The molecule has 0 bridgehead atoms. The number of nitrogens with zero attached hydrogens (tertiary/aromatic N) is 1. The molecule has 1 aliphatic heterocycles. The molecule has 3 rings (SSSR count). The summed E-state index contributed by atoms with van der Waals surface area (Å²) in [7, 11) is 0. The number of rotatable bonds is 8. The van der Waals surface area contributed by atoms with Gasteiger partial charge >= 0.3 is 0 Å². The SMILES string of the molecule is CC(C)[C@@H]1N[C@@H](C(=O)NCC[C@H](O)CO)[C@H](c2cccc(Cl)c2)[C@@]1(C#N)c1ccc(Cl)cc1. The summed E-state index contributed by atoms with van der Waals surface area (Å²) in [6, 6.07) is 16.0. The number of benzene rings is 2. The summed E-state index contributed by atoms with van der Waals surface area (Å²) < 4.78 is 0. The van der Waals surface area contributed by atoms with Crippen LogP contribution in [0.1, 0.15) is 37.3 Å². The Labute approximate surface area is 204 Å². The van der Waals surface area contributed by atoms with E-state index >= 15 is 0 Å². The molecule has 5 atom stereocenters. The Morgan fingerprint density at radius 3 is 2.48 bits per heavy atom. The first kappa shape index (κ1) is 25.5. The van der Waals surface area contributed by atoms with Gasteiger partial charge in [0.05, 0.1) is 24.8 Å². The summed E-state index contributed by atoms with van der Waals surface area (Å²) in [5, 5.41) is 36.7. The van der Waals surface area contributed by atoms with Crippen LogP contribution in [0.5, 0.6) is 0 Å². The van der Waals surface area contributed by atoms with Crippen LogP contribution in [0, 0.1) is 17.2 Å². The summed E-state index contributed by atoms with van der Waals surface area (Å²) >= 11 is 12.4. The summed E-state index contributed by atoms with van der Waals surface area (Å²) in [5.74, 6) is -0.768. The van der Waals surface area contributed by atoms with Crippen LogP contribution in [0.3, 0.4) is 0 Å². The van der Waals surface area contributed by atoms with Crippen molar-refractivity contribution in [1.29, 1.82) is 5.26 Å². The van der Waals surface area contributed by atoms with E-state index in [1.54, 1.807) is 24.3 Å². The van der Waals surface area contributed by atoms with E-state index in [0.29, 0.717) is 10.0 Å². The second-order valence-electron chi connectivity index (χ2n) is 8.80. The lowest BCUT2D eigenvalue weighted by atomic mass is 9.63. The van der Waals surface area contributed by atoms with Crippen LogP contribution in [-0.4, -0.2) is 47.5 Å². The molecule has 0 aromatic heterocycles. The monoisotopic (exact) mass is 489 g/mol. The van der Waals surface area contributed by atoms with Crippen molar-refractivity contribution < 1.29 is 15.0 Å². The zero-order valence-electron chi connectivity index (χ0n) is 18.6. The van der Waals surface area contributed by atoms with Crippen LogP contribution in [-0.2, 0) is 10.2 Å². The Balaban J connectivity index is 2.11. The van der Waals surface area contributed by atoms with Gasteiger partial charge in [0.25, 0.3) is 0 Å². The van der Waals surface area contributed by atoms with Crippen molar-refractivity contribution in [3.63, 3.8) is 0 Å². The number of carbonyl (C=O) groups excluding carboxylic acids is 1. The van der Waals surface area contributed by atoms with Gasteiger partial charge in [-0.1, -0.05) is 61.3 Å². The van der Waals surface area contributed by atoms with E-state index in [1.807, 2.05) is 38.1 Å². The van der Waals surface area contributed by atoms with E-state index in [0.717, 1.165) is 11.1 Å². The van der Waals surface area contributed by atoms with E-state index in [-0.39, 0.29) is 37.4 Å². The minimum atomic E-state index is -1.06. The number of halogens is 2. The molecule has 33 heavy (non-hydrogen) atoms. The van der Waals surface area contributed by atoms with Crippen molar-refractivity contribution >= 4 is 29.1 Å². The fourth-order valence-electron chi connectivity index (χ4n) is 4.83. The van der Waals surface area contributed by atoms with Crippen molar-refractivity contribution in [2.75, 3.05) is 13.2 Å². The van der Waals surface area contributed by atoms with E-state index in [4.69, 9.17) is 28.3 Å². The van der Waals surface area contributed by atoms with Gasteiger partial charge in [-0.05, 0) is 47.7 Å². The zero-order chi connectivity index (χ0) is 24.2. The Kier molecular flexibility index (Phi) is 8.38. The molecule has 6 nitrogen and oxygen atoms in total. The first-order valence-electron chi connectivity index (χ1n) is 11.0. The van der Waals surface area contributed by atoms with Crippen LogP contribution < -0.4 is 10.6 Å². The summed E-state index contributed by atoms with van der Waals surface area (Å²) in [5.41, 5.74) is 0.498. The molecule has 2 aromatic rings. The van der Waals surface area contributed by atoms with Gasteiger partial charge in [-0.3, -0.25) is 4.79 Å². The predicted molar refractivity (Wildman–Crippen MR) is 129 cm³/mol. The fourth-order valence-corrected chi connectivity index (χ4v) is 5.15. The maximum atomic E-state index is 13.4. The maximum absolute atomic E-state index is 13.4. The number of amides is 1. The number of nitriles is 1. The quantitative estimate of drug-likeness (QED) is 0.454. The molecular formula is C25H29Cl2N3O3. The highest BCUT2D eigenvalue weighted by Gasteiger charge is 2.59. The molecule has 2 aromatic carbocycles. The topological polar surface area (TPSA) is 105 Å². The highest BCUT2D eigenvalue weighted by atomic mass is 35.5. The standard InChI is InChI=1S/C25H29Cl2N3O3/c1-15(2)23-25(14-28,17-6-8-18(26)9-7-17)21(16-4-3-5-19(27)12-16)22(30-23)24(33)29-11-10-20(32)13-31/h3-9,12,15,20-23,30-32H,10-11,13H2,1-2H3,(H,29,33)/t20-,21-,22+,23-,25+/m0/s1. The van der Waals surface area contributed by atoms with Gasteiger partial charge in [0, 0.05) is 28.5 Å². The highest BCUT2D eigenvalue weighted by Crippen LogP contribution is 2.50. The van der Waals surface area contributed by atoms with Crippen molar-refractivity contribution in [3.05, 3.63) is 69.7 Å². The number of carbonyl (C=O) groups is 1. The molecule has 0 spiro atoms. The summed E-state index contributed by atoms with van der Waals surface area (Å²) in [6.07, 6.45) is -0.674. The number of aliphatic hydroxyl groups is 2. The first-order chi connectivity index (χ1) is 15.7. The summed E-state index contributed by atoms with van der Waals surface area (Å²) in [4.78, 5) is 13.4.